The third-order valence-corrected chi connectivity index (χ3v) is 3.09. The zero-order valence-corrected chi connectivity index (χ0v) is 10.8. The van der Waals surface area contributed by atoms with E-state index in [0.717, 1.165) is 10.6 Å². The van der Waals surface area contributed by atoms with Crippen LogP contribution in [0.5, 0.6) is 11.6 Å². The van der Waals surface area contributed by atoms with Gasteiger partial charge < -0.3 is 10.5 Å². The first-order chi connectivity index (χ1) is 8.19. The molecule has 0 amide bonds. The van der Waals surface area contributed by atoms with Gasteiger partial charge in [0, 0.05) is 11.1 Å². The Bertz CT molecular complexity index is 516. The van der Waals surface area contributed by atoms with Crippen LogP contribution in [0, 0.1) is 0 Å². The first kappa shape index (κ1) is 12.1. The molecule has 5 heteroatoms. The zero-order valence-electron chi connectivity index (χ0n) is 9.18. The molecule has 0 bridgehead atoms. The van der Waals surface area contributed by atoms with E-state index in [4.69, 9.17) is 22.1 Å². The van der Waals surface area contributed by atoms with Gasteiger partial charge in [-0.1, -0.05) is 11.6 Å². The van der Waals surface area contributed by atoms with Crippen LogP contribution in [0.1, 0.15) is 0 Å². The predicted molar refractivity (Wildman–Crippen MR) is 72.0 cm³/mol. The van der Waals surface area contributed by atoms with Gasteiger partial charge in [-0.05, 0) is 30.5 Å². The molecular weight excluding hydrogens is 256 g/mol. The van der Waals surface area contributed by atoms with E-state index in [1.807, 2.05) is 18.4 Å². The van der Waals surface area contributed by atoms with Gasteiger partial charge in [-0.15, -0.1) is 11.8 Å². The van der Waals surface area contributed by atoms with Crippen LogP contribution < -0.4 is 10.5 Å². The van der Waals surface area contributed by atoms with Crippen molar-refractivity contribution in [2.75, 3.05) is 12.0 Å². The maximum absolute atomic E-state index is 5.92. The molecule has 0 aliphatic carbocycles. The second-order valence-electron chi connectivity index (χ2n) is 3.33. The average molecular weight is 267 g/mol. The normalized spacial score (nSPS) is 10.2. The number of aromatic nitrogens is 1. The molecule has 0 saturated carbocycles. The average Bonchev–Trinajstić information content (AvgIpc) is 2.34. The van der Waals surface area contributed by atoms with Gasteiger partial charge >= 0.3 is 0 Å². The molecule has 0 aliphatic rings. The first-order valence-corrected chi connectivity index (χ1v) is 6.52. The molecule has 0 atom stereocenters. The summed E-state index contributed by atoms with van der Waals surface area (Å²) in [5, 5.41) is 0.687. The summed E-state index contributed by atoms with van der Waals surface area (Å²) in [5.74, 6) is 1.25. The van der Waals surface area contributed by atoms with Crippen molar-refractivity contribution in [2.45, 2.75) is 4.90 Å². The van der Waals surface area contributed by atoms with Crippen molar-refractivity contribution in [3.63, 3.8) is 0 Å². The summed E-state index contributed by atoms with van der Waals surface area (Å²) in [6.45, 7) is 0. The number of pyridine rings is 1. The lowest BCUT2D eigenvalue weighted by Crippen LogP contribution is -1.91. The number of thioether (sulfide) groups is 1. The molecule has 0 fully saturated rings. The van der Waals surface area contributed by atoms with Crippen LogP contribution >= 0.6 is 23.4 Å². The van der Waals surface area contributed by atoms with Gasteiger partial charge in [0.2, 0.25) is 5.88 Å². The highest BCUT2D eigenvalue weighted by molar-refractivity contribution is 7.98. The number of benzene rings is 1. The van der Waals surface area contributed by atoms with Crippen LogP contribution in [0.3, 0.4) is 0 Å². The Morgan fingerprint density at radius 2 is 2.12 bits per heavy atom. The lowest BCUT2D eigenvalue weighted by atomic mass is 10.3. The number of nitrogens with two attached hydrogens (primary N) is 1. The van der Waals surface area contributed by atoms with Gasteiger partial charge in [-0.2, -0.15) is 0 Å². The quantitative estimate of drug-likeness (QED) is 0.858. The number of nitrogen functional groups attached to an aromatic ring is 1. The minimum Gasteiger partial charge on any atom is -0.438 e. The first-order valence-electron chi connectivity index (χ1n) is 4.92. The third kappa shape index (κ3) is 3.05. The molecule has 0 unspecified atom stereocenters. The summed E-state index contributed by atoms with van der Waals surface area (Å²) in [6.07, 6.45) is 3.53. The number of hydrogen-bond donors (Lipinski definition) is 1. The van der Waals surface area contributed by atoms with Gasteiger partial charge in [-0.3, -0.25) is 0 Å². The molecule has 2 rings (SSSR count). The van der Waals surface area contributed by atoms with Crippen LogP contribution in [0.15, 0.2) is 41.4 Å². The Morgan fingerprint density at radius 3 is 2.76 bits per heavy atom. The van der Waals surface area contributed by atoms with Gasteiger partial charge in [-0.25, -0.2) is 4.98 Å². The van der Waals surface area contributed by atoms with Crippen molar-refractivity contribution in [2.24, 2.45) is 0 Å². The van der Waals surface area contributed by atoms with E-state index >= 15 is 0 Å². The van der Waals surface area contributed by atoms with E-state index in [2.05, 4.69) is 4.98 Å². The highest BCUT2D eigenvalue weighted by Gasteiger charge is 2.05. The molecule has 0 aliphatic heterocycles. The standard InChI is InChI=1S/C12H11ClN2OS/c1-17-11-6-8(13)2-4-10(11)16-12-5-3-9(14)7-15-12/h2-7H,14H2,1H3. The molecule has 0 spiro atoms. The Balaban J connectivity index is 2.26. The molecule has 1 aromatic heterocycles. The van der Waals surface area contributed by atoms with Crippen molar-refractivity contribution in [1.29, 1.82) is 0 Å². The molecule has 88 valence electrons. The van der Waals surface area contributed by atoms with E-state index in [9.17, 15) is 0 Å². The predicted octanol–water partition coefficient (Wildman–Crippen LogP) is 3.83. The van der Waals surface area contributed by atoms with Crippen LogP contribution in [0.2, 0.25) is 5.02 Å². The summed E-state index contributed by atoms with van der Waals surface area (Å²) in [4.78, 5) is 5.05. The van der Waals surface area contributed by atoms with Crippen LogP contribution in [0.25, 0.3) is 0 Å². The summed E-state index contributed by atoms with van der Waals surface area (Å²) in [5.41, 5.74) is 6.17. The SMILES string of the molecule is CSc1cc(Cl)ccc1Oc1ccc(N)cn1. The van der Waals surface area contributed by atoms with Crippen LogP contribution in [0.4, 0.5) is 5.69 Å². The Hall–Kier alpha value is -1.39. The van der Waals surface area contributed by atoms with E-state index in [-0.39, 0.29) is 0 Å². The molecule has 17 heavy (non-hydrogen) atoms. The smallest absolute Gasteiger partial charge is 0.219 e. The van der Waals surface area contributed by atoms with Gasteiger partial charge in [0.15, 0.2) is 0 Å². The van der Waals surface area contributed by atoms with Crippen LogP contribution in [-0.2, 0) is 0 Å². The Kier molecular flexibility index (Phi) is 3.76. The van der Waals surface area contributed by atoms with Crippen molar-refractivity contribution in [3.8, 4) is 11.6 Å². The van der Waals surface area contributed by atoms with E-state index in [1.165, 1.54) is 0 Å². The topological polar surface area (TPSA) is 48.1 Å². The van der Waals surface area contributed by atoms with Crippen molar-refractivity contribution >= 4 is 29.1 Å². The van der Waals surface area contributed by atoms with Crippen molar-refractivity contribution in [1.82, 2.24) is 4.98 Å². The minimum absolute atomic E-state index is 0.511. The number of halogens is 1. The maximum atomic E-state index is 5.92. The molecule has 0 radical (unpaired) electrons. The highest BCUT2D eigenvalue weighted by Crippen LogP contribution is 2.33. The summed E-state index contributed by atoms with van der Waals surface area (Å²) < 4.78 is 5.66. The molecule has 3 nitrogen and oxygen atoms in total. The number of ether oxygens (including phenoxy) is 1. The fourth-order valence-corrected chi connectivity index (χ4v) is 2.08. The fraction of sp³-hybridized carbons (Fsp3) is 0.0833. The second kappa shape index (κ2) is 5.29. The number of nitrogens with zero attached hydrogens (tertiary/aromatic N) is 1. The molecule has 0 saturated heterocycles. The zero-order chi connectivity index (χ0) is 12.3. The van der Waals surface area contributed by atoms with E-state index in [0.29, 0.717) is 16.6 Å². The van der Waals surface area contributed by atoms with Gasteiger partial charge in [0.25, 0.3) is 0 Å². The Morgan fingerprint density at radius 1 is 1.29 bits per heavy atom. The van der Waals surface area contributed by atoms with Crippen molar-refractivity contribution in [3.05, 3.63) is 41.6 Å². The summed E-state index contributed by atoms with van der Waals surface area (Å²) in [7, 11) is 0. The van der Waals surface area contributed by atoms with Gasteiger partial charge in [0.1, 0.15) is 5.75 Å². The molecular formula is C12H11ClN2OS. The molecule has 2 aromatic rings. The van der Waals surface area contributed by atoms with E-state index in [1.54, 1.807) is 36.2 Å². The lowest BCUT2D eigenvalue weighted by molar-refractivity contribution is 0.452. The second-order valence-corrected chi connectivity index (χ2v) is 4.61. The van der Waals surface area contributed by atoms with Crippen molar-refractivity contribution < 1.29 is 4.74 Å². The molecule has 1 heterocycles. The summed E-state index contributed by atoms with van der Waals surface area (Å²) in [6, 6.07) is 8.95. The minimum atomic E-state index is 0.511. The third-order valence-electron chi connectivity index (χ3n) is 2.10. The number of rotatable bonds is 3. The monoisotopic (exact) mass is 266 g/mol. The highest BCUT2D eigenvalue weighted by atomic mass is 35.5. The number of hydrogen-bond acceptors (Lipinski definition) is 4. The lowest BCUT2D eigenvalue weighted by Gasteiger charge is -2.09. The Labute approximate surface area is 109 Å². The van der Waals surface area contributed by atoms with Gasteiger partial charge in [0.05, 0.1) is 16.8 Å². The number of anilines is 1. The molecule has 1 aromatic carbocycles. The summed E-state index contributed by atoms with van der Waals surface area (Å²) >= 11 is 7.49. The maximum Gasteiger partial charge on any atom is 0.219 e. The van der Waals surface area contributed by atoms with E-state index < -0.39 is 0 Å². The largest absolute Gasteiger partial charge is 0.438 e. The fourth-order valence-electron chi connectivity index (χ4n) is 1.29. The molecule has 2 N–H and O–H groups in total. The van der Waals surface area contributed by atoms with Crippen LogP contribution in [-0.4, -0.2) is 11.2 Å².